The van der Waals surface area contributed by atoms with Crippen LogP contribution in [0, 0.1) is 0 Å². The van der Waals surface area contributed by atoms with Crippen LogP contribution in [0.25, 0.3) is 6.08 Å². The third-order valence-electron chi connectivity index (χ3n) is 2.06. The molecule has 0 aromatic heterocycles. The summed E-state index contributed by atoms with van der Waals surface area (Å²) in [7, 11) is 1.48. The first-order valence-electron chi connectivity index (χ1n) is 5.39. The van der Waals surface area contributed by atoms with Crippen molar-refractivity contribution in [3.63, 3.8) is 0 Å². The molecule has 0 spiro atoms. The number of hydrogen-bond acceptors (Lipinski definition) is 4. The van der Waals surface area contributed by atoms with Crippen molar-refractivity contribution in [2.24, 2.45) is 0 Å². The molecule has 17 heavy (non-hydrogen) atoms. The third-order valence-corrected chi connectivity index (χ3v) is 2.06. The first-order chi connectivity index (χ1) is 8.17. The summed E-state index contributed by atoms with van der Waals surface area (Å²) in [4.78, 5) is 11.2. The molecule has 1 aromatic rings. The van der Waals surface area contributed by atoms with Gasteiger partial charge in [-0.05, 0) is 30.2 Å². The maximum absolute atomic E-state index is 11.2. The monoisotopic (exact) mass is 236 g/mol. The Balaban J connectivity index is 2.65. The number of carbonyl (C=O) groups excluding carboxylic acids is 1. The predicted molar refractivity (Wildman–Crippen MR) is 64.9 cm³/mol. The van der Waals surface area contributed by atoms with Crippen LogP contribution in [0.5, 0.6) is 11.5 Å². The van der Waals surface area contributed by atoms with Crippen molar-refractivity contribution >= 4 is 12.0 Å². The predicted octanol–water partition coefficient (Wildman–Crippen LogP) is 2.37. The number of carbonyl (C=O) groups is 1. The van der Waals surface area contributed by atoms with Gasteiger partial charge in [0, 0.05) is 6.08 Å². The zero-order valence-corrected chi connectivity index (χ0v) is 9.97. The smallest absolute Gasteiger partial charge is 0.330 e. The highest BCUT2D eigenvalue weighted by Crippen LogP contribution is 2.26. The molecule has 4 heteroatoms. The number of rotatable bonds is 5. The highest BCUT2D eigenvalue weighted by Gasteiger charge is 2.01. The number of ether oxygens (including phenoxy) is 2. The van der Waals surface area contributed by atoms with Gasteiger partial charge in [0.1, 0.15) is 0 Å². The Morgan fingerprint density at radius 3 is 2.82 bits per heavy atom. The van der Waals surface area contributed by atoms with E-state index in [1.165, 1.54) is 19.3 Å². The molecule has 0 aliphatic rings. The van der Waals surface area contributed by atoms with E-state index in [1.54, 1.807) is 18.2 Å². The Hall–Kier alpha value is -1.97. The molecular weight excluding hydrogens is 220 g/mol. The topological polar surface area (TPSA) is 55.8 Å². The zero-order valence-electron chi connectivity index (χ0n) is 9.97. The molecule has 0 aliphatic carbocycles. The summed E-state index contributed by atoms with van der Waals surface area (Å²) in [6.45, 7) is 2.34. The fraction of sp³-hybridized carbons (Fsp3) is 0.308. The molecule has 0 saturated heterocycles. The lowest BCUT2D eigenvalue weighted by molar-refractivity contribution is -0.137. The second-order valence-corrected chi connectivity index (χ2v) is 3.43. The molecule has 0 amide bonds. The van der Waals surface area contributed by atoms with Gasteiger partial charge in [0.25, 0.3) is 0 Å². The molecule has 0 radical (unpaired) electrons. The van der Waals surface area contributed by atoms with Crippen LogP contribution in [0.4, 0.5) is 0 Å². The number of esters is 1. The van der Waals surface area contributed by atoms with Gasteiger partial charge in [-0.1, -0.05) is 13.0 Å². The average molecular weight is 236 g/mol. The van der Waals surface area contributed by atoms with Gasteiger partial charge in [-0.3, -0.25) is 0 Å². The number of hydrogen-bond donors (Lipinski definition) is 1. The minimum absolute atomic E-state index is 0.0385. The molecule has 0 unspecified atom stereocenters. The van der Waals surface area contributed by atoms with E-state index in [-0.39, 0.29) is 11.7 Å². The lowest BCUT2D eigenvalue weighted by atomic mass is 10.2. The van der Waals surface area contributed by atoms with E-state index in [0.29, 0.717) is 17.9 Å². The molecule has 4 nitrogen and oxygen atoms in total. The average Bonchev–Trinajstić information content (AvgIpc) is 2.34. The van der Waals surface area contributed by atoms with E-state index in [9.17, 15) is 9.90 Å². The second kappa shape index (κ2) is 6.58. The van der Waals surface area contributed by atoms with E-state index >= 15 is 0 Å². The molecule has 0 atom stereocenters. The maximum Gasteiger partial charge on any atom is 0.330 e. The summed E-state index contributed by atoms with van der Waals surface area (Å²) in [5, 5.41) is 9.52. The maximum atomic E-state index is 11.2. The molecule has 1 rings (SSSR count). The van der Waals surface area contributed by atoms with Gasteiger partial charge in [-0.25, -0.2) is 4.79 Å². The summed E-state index contributed by atoms with van der Waals surface area (Å²) in [6.07, 6.45) is 3.71. The third kappa shape index (κ3) is 4.18. The summed E-state index contributed by atoms with van der Waals surface area (Å²) >= 11 is 0. The van der Waals surface area contributed by atoms with E-state index in [2.05, 4.69) is 0 Å². The van der Waals surface area contributed by atoms with Gasteiger partial charge in [0.05, 0.1) is 13.7 Å². The van der Waals surface area contributed by atoms with Crippen LogP contribution in [0.2, 0.25) is 0 Å². The Labute approximate surface area is 100 Å². The molecule has 1 N–H and O–H groups in total. The summed E-state index contributed by atoms with van der Waals surface area (Å²) in [5.41, 5.74) is 0.705. The molecule has 0 bridgehead atoms. The van der Waals surface area contributed by atoms with Crippen molar-refractivity contribution < 1.29 is 19.4 Å². The fourth-order valence-electron chi connectivity index (χ4n) is 1.23. The first-order valence-corrected chi connectivity index (χ1v) is 5.39. The Kier molecular flexibility index (Phi) is 5.07. The van der Waals surface area contributed by atoms with Crippen LogP contribution in [-0.4, -0.2) is 24.8 Å². The number of benzene rings is 1. The molecule has 0 fully saturated rings. The Morgan fingerprint density at radius 2 is 2.24 bits per heavy atom. The van der Waals surface area contributed by atoms with Crippen molar-refractivity contribution in [1.82, 2.24) is 0 Å². The lowest BCUT2D eigenvalue weighted by Gasteiger charge is -2.03. The van der Waals surface area contributed by atoms with E-state index in [0.717, 1.165) is 6.42 Å². The minimum Gasteiger partial charge on any atom is -0.504 e. The molecule has 0 saturated carbocycles. The second-order valence-electron chi connectivity index (χ2n) is 3.43. The van der Waals surface area contributed by atoms with Gasteiger partial charge >= 0.3 is 5.97 Å². The van der Waals surface area contributed by atoms with Gasteiger partial charge < -0.3 is 14.6 Å². The number of aromatic hydroxyl groups is 1. The van der Waals surface area contributed by atoms with Crippen LogP contribution >= 0.6 is 0 Å². The van der Waals surface area contributed by atoms with Crippen molar-refractivity contribution in [2.75, 3.05) is 13.7 Å². The van der Waals surface area contributed by atoms with E-state index in [4.69, 9.17) is 9.47 Å². The standard InChI is InChI=1S/C13H16O4/c1-3-8-17-13(15)7-5-10-4-6-12(16-2)11(14)9-10/h4-7,9,14H,3,8H2,1-2H3/b7-5+. The van der Waals surface area contributed by atoms with Crippen molar-refractivity contribution in [2.45, 2.75) is 13.3 Å². The Morgan fingerprint density at radius 1 is 1.47 bits per heavy atom. The summed E-state index contributed by atoms with van der Waals surface area (Å²) in [5.74, 6) is 0.0504. The zero-order chi connectivity index (χ0) is 12.7. The first kappa shape index (κ1) is 13.1. The fourth-order valence-corrected chi connectivity index (χ4v) is 1.23. The van der Waals surface area contributed by atoms with Crippen molar-refractivity contribution in [3.8, 4) is 11.5 Å². The van der Waals surface area contributed by atoms with Crippen LogP contribution < -0.4 is 4.74 Å². The number of phenols is 1. The van der Waals surface area contributed by atoms with Crippen molar-refractivity contribution in [1.29, 1.82) is 0 Å². The van der Waals surface area contributed by atoms with E-state index < -0.39 is 0 Å². The summed E-state index contributed by atoms with van der Waals surface area (Å²) in [6, 6.07) is 4.89. The molecular formula is C13H16O4. The highest BCUT2D eigenvalue weighted by molar-refractivity contribution is 5.87. The SMILES string of the molecule is CCCOC(=O)/C=C/c1ccc(OC)c(O)c1. The van der Waals surface area contributed by atoms with Gasteiger partial charge in [0.2, 0.25) is 0 Å². The van der Waals surface area contributed by atoms with Gasteiger partial charge in [-0.15, -0.1) is 0 Å². The van der Waals surface area contributed by atoms with Crippen LogP contribution in [0.3, 0.4) is 0 Å². The minimum atomic E-state index is -0.387. The lowest BCUT2D eigenvalue weighted by Crippen LogP contribution is -2.00. The van der Waals surface area contributed by atoms with Gasteiger partial charge in [0.15, 0.2) is 11.5 Å². The van der Waals surface area contributed by atoms with Gasteiger partial charge in [-0.2, -0.15) is 0 Å². The normalized spacial score (nSPS) is 10.5. The number of phenolic OH excluding ortho intramolecular Hbond substituents is 1. The Bertz CT molecular complexity index is 410. The highest BCUT2D eigenvalue weighted by atomic mass is 16.5. The number of methoxy groups -OCH3 is 1. The van der Waals surface area contributed by atoms with Crippen LogP contribution in [0.15, 0.2) is 24.3 Å². The molecule has 0 aliphatic heterocycles. The molecule has 0 heterocycles. The largest absolute Gasteiger partial charge is 0.504 e. The molecule has 1 aromatic carbocycles. The quantitative estimate of drug-likeness (QED) is 0.630. The van der Waals surface area contributed by atoms with E-state index in [1.807, 2.05) is 6.92 Å². The van der Waals surface area contributed by atoms with Crippen LogP contribution in [0.1, 0.15) is 18.9 Å². The van der Waals surface area contributed by atoms with Crippen LogP contribution in [-0.2, 0) is 9.53 Å². The van der Waals surface area contributed by atoms with Crippen molar-refractivity contribution in [3.05, 3.63) is 29.8 Å². The molecule has 92 valence electrons. The summed E-state index contributed by atoms with van der Waals surface area (Å²) < 4.78 is 9.79.